The van der Waals surface area contributed by atoms with Gasteiger partial charge in [-0.05, 0) is 58.2 Å². The van der Waals surface area contributed by atoms with E-state index in [9.17, 15) is 19.2 Å². The lowest BCUT2D eigenvalue weighted by molar-refractivity contribution is -0.154. The number of amides is 3. The highest BCUT2D eigenvalue weighted by Crippen LogP contribution is 2.25. The van der Waals surface area contributed by atoms with Crippen molar-refractivity contribution in [2.24, 2.45) is 5.92 Å². The normalized spacial score (nSPS) is 15.9. The lowest BCUT2D eigenvalue weighted by Crippen LogP contribution is -2.45. The van der Waals surface area contributed by atoms with E-state index in [1.807, 2.05) is 13.0 Å². The van der Waals surface area contributed by atoms with E-state index >= 15 is 0 Å². The third-order valence-electron chi connectivity index (χ3n) is 4.83. The lowest BCUT2D eigenvalue weighted by Gasteiger charge is -2.33. The summed E-state index contributed by atoms with van der Waals surface area (Å²) in [6, 6.07) is 5.34. The first-order valence-electron chi connectivity index (χ1n) is 10.8. The minimum absolute atomic E-state index is 0.177. The molecular weight excluding hydrogens is 430 g/mol. The number of carbonyl (C=O) groups excluding carboxylic acids is 4. The second kappa shape index (κ2) is 11.5. The van der Waals surface area contributed by atoms with E-state index in [0.29, 0.717) is 30.8 Å². The number of benzene rings is 1. The smallest absolute Gasteiger partial charge is 0.410 e. The topological polar surface area (TPSA) is 123 Å². The fourth-order valence-corrected chi connectivity index (χ4v) is 3.26. The molecule has 1 heterocycles. The predicted molar refractivity (Wildman–Crippen MR) is 121 cm³/mol. The first kappa shape index (κ1) is 26.0. The largest absolute Gasteiger partial charge is 0.495 e. The van der Waals surface area contributed by atoms with Gasteiger partial charge < -0.3 is 29.7 Å². The number of aryl methyl sites for hydroxylation is 1. The molecule has 1 aliphatic heterocycles. The van der Waals surface area contributed by atoms with Crippen molar-refractivity contribution >= 4 is 29.6 Å². The van der Waals surface area contributed by atoms with Gasteiger partial charge in [-0.1, -0.05) is 6.07 Å². The number of hydrogen-bond donors (Lipinski definition) is 2. The molecule has 182 valence electrons. The first-order valence-corrected chi connectivity index (χ1v) is 10.8. The molecule has 1 aliphatic rings. The monoisotopic (exact) mass is 463 g/mol. The summed E-state index contributed by atoms with van der Waals surface area (Å²) in [6.45, 7) is 7.08. The third kappa shape index (κ3) is 8.63. The first-order chi connectivity index (χ1) is 15.5. The minimum atomic E-state index is -0.626. The quantitative estimate of drug-likeness (QED) is 0.595. The lowest BCUT2D eigenvalue weighted by atomic mass is 9.98. The summed E-state index contributed by atoms with van der Waals surface area (Å²) in [5.74, 6) is -1.64. The fourth-order valence-electron chi connectivity index (χ4n) is 3.26. The molecule has 0 spiro atoms. The second-order valence-corrected chi connectivity index (χ2v) is 8.90. The third-order valence-corrected chi connectivity index (χ3v) is 4.83. The zero-order chi connectivity index (χ0) is 24.6. The van der Waals surface area contributed by atoms with Gasteiger partial charge in [0.1, 0.15) is 11.4 Å². The van der Waals surface area contributed by atoms with E-state index in [4.69, 9.17) is 14.2 Å². The van der Waals surface area contributed by atoms with E-state index in [0.717, 1.165) is 5.56 Å². The number of ether oxygens (including phenoxy) is 3. The van der Waals surface area contributed by atoms with Crippen molar-refractivity contribution in [3.8, 4) is 5.75 Å². The number of piperidine rings is 1. The Morgan fingerprint density at radius 1 is 1.15 bits per heavy atom. The van der Waals surface area contributed by atoms with Crippen LogP contribution in [-0.4, -0.2) is 67.7 Å². The molecule has 1 unspecified atom stereocenters. The van der Waals surface area contributed by atoms with Gasteiger partial charge >= 0.3 is 12.1 Å². The summed E-state index contributed by atoms with van der Waals surface area (Å²) in [4.78, 5) is 50.2. The van der Waals surface area contributed by atoms with E-state index in [-0.39, 0.29) is 13.1 Å². The van der Waals surface area contributed by atoms with Crippen molar-refractivity contribution in [3.63, 3.8) is 0 Å². The average Bonchev–Trinajstić information content (AvgIpc) is 2.75. The van der Waals surface area contributed by atoms with Crippen LogP contribution in [0.3, 0.4) is 0 Å². The summed E-state index contributed by atoms with van der Waals surface area (Å²) in [5, 5.41) is 5.08. The number of carbonyl (C=O) groups is 4. The van der Waals surface area contributed by atoms with Crippen LogP contribution >= 0.6 is 0 Å². The van der Waals surface area contributed by atoms with Crippen molar-refractivity contribution < 1.29 is 33.4 Å². The molecule has 0 aliphatic carbocycles. The Kier molecular flexibility index (Phi) is 9.07. The van der Waals surface area contributed by atoms with Gasteiger partial charge in [0, 0.05) is 13.1 Å². The zero-order valence-corrected chi connectivity index (χ0v) is 19.9. The van der Waals surface area contributed by atoms with Crippen molar-refractivity contribution in [3.05, 3.63) is 23.8 Å². The van der Waals surface area contributed by atoms with Gasteiger partial charge in [-0.2, -0.15) is 0 Å². The standard InChI is InChI=1S/C23H33N3O7/c1-15-8-9-18(31-5)17(11-15)25-19(27)12-24-20(28)14-32-21(29)16-7-6-10-26(13-16)22(30)33-23(2,3)4/h8-9,11,16H,6-7,10,12-14H2,1-5H3,(H,24,28)(H,25,27). The summed E-state index contributed by atoms with van der Waals surface area (Å²) >= 11 is 0. The van der Waals surface area contributed by atoms with Gasteiger partial charge in [-0.15, -0.1) is 0 Å². The van der Waals surface area contributed by atoms with E-state index in [1.165, 1.54) is 12.0 Å². The van der Waals surface area contributed by atoms with Crippen LogP contribution in [-0.2, 0) is 23.9 Å². The van der Waals surface area contributed by atoms with Crippen LogP contribution < -0.4 is 15.4 Å². The van der Waals surface area contributed by atoms with Crippen LogP contribution in [0.4, 0.5) is 10.5 Å². The predicted octanol–water partition coefficient (Wildman–Crippen LogP) is 2.25. The Balaban J connectivity index is 1.75. The molecule has 33 heavy (non-hydrogen) atoms. The number of anilines is 1. The molecule has 3 amide bonds. The number of nitrogens with one attached hydrogen (secondary N) is 2. The van der Waals surface area contributed by atoms with Crippen LogP contribution in [0.15, 0.2) is 18.2 Å². The Labute approximate surface area is 193 Å². The molecule has 10 heteroatoms. The van der Waals surface area contributed by atoms with Gasteiger partial charge in [-0.25, -0.2) is 4.79 Å². The molecule has 0 bridgehead atoms. The van der Waals surface area contributed by atoms with Crippen LogP contribution in [0.2, 0.25) is 0 Å². The molecule has 1 fully saturated rings. The SMILES string of the molecule is COc1ccc(C)cc1NC(=O)CNC(=O)COC(=O)C1CCCN(C(=O)OC(C)(C)C)C1. The molecule has 1 aromatic carbocycles. The Bertz CT molecular complexity index is 879. The van der Waals surface area contributed by atoms with E-state index in [1.54, 1.807) is 32.9 Å². The molecular formula is C23H33N3O7. The van der Waals surface area contributed by atoms with Crippen molar-refractivity contribution in [2.75, 3.05) is 38.7 Å². The summed E-state index contributed by atoms with van der Waals surface area (Å²) in [5.41, 5.74) is 0.810. The molecule has 1 saturated heterocycles. The van der Waals surface area contributed by atoms with Crippen LogP contribution in [0, 0.1) is 12.8 Å². The zero-order valence-electron chi connectivity index (χ0n) is 19.9. The molecule has 2 rings (SSSR count). The molecule has 0 radical (unpaired) electrons. The van der Waals surface area contributed by atoms with Crippen LogP contribution in [0.1, 0.15) is 39.2 Å². The maximum Gasteiger partial charge on any atom is 0.410 e. The number of rotatable bonds is 7. The van der Waals surface area contributed by atoms with Crippen LogP contribution in [0.5, 0.6) is 5.75 Å². The summed E-state index contributed by atoms with van der Waals surface area (Å²) in [6.07, 6.45) is 0.711. The number of likely N-dealkylation sites (tertiary alicyclic amines) is 1. The maximum atomic E-state index is 12.4. The highest BCUT2D eigenvalue weighted by Gasteiger charge is 2.32. The van der Waals surface area contributed by atoms with Gasteiger partial charge in [0.2, 0.25) is 5.91 Å². The highest BCUT2D eigenvalue weighted by atomic mass is 16.6. The average molecular weight is 464 g/mol. The molecule has 1 aromatic rings. The molecule has 2 N–H and O–H groups in total. The summed E-state index contributed by atoms with van der Waals surface area (Å²) in [7, 11) is 1.50. The summed E-state index contributed by atoms with van der Waals surface area (Å²) < 4.78 is 15.6. The Hall–Kier alpha value is -3.30. The molecule has 0 aromatic heterocycles. The number of esters is 1. The van der Waals surface area contributed by atoms with Crippen molar-refractivity contribution in [1.82, 2.24) is 10.2 Å². The highest BCUT2D eigenvalue weighted by molar-refractivity contribution is 5.96. The number of nitrogens with zero attached hydrogens (tertiary/aromatic N) is 1. The maximum absolute atomic E-state index is 12.4. The van der Waals surface area contributed by atoms with Crippen molar-refractivity contribution in [1.29, 1.82) is 0 Å². The Morgan fingerprint density at radius 2 is 1.88 bits per heavy atom. The van der Waals surface area contributed by atoms with E-state index in [2.05, 4.69) is 10.6 Å². The van der Waals surface area contributed by atoms with Gasteiger partial charge in [0.15, 0.2) is 6.61 Å². The Morgan fingerprint density at radius 3 is 2.55 bits per heavy atom. The minimum Gasteiger partial charge on any atom is -0.495 e. The number of methoxy groups -OCH3 is 1. The second-order valence-electron chi connectivity index (χ2n) is 8.90. The van der Waals surface area contributed by atoms with Gasteiger partial charge in [-0.3, -0.25) is 14.4 Å². The van der Waals surface area contributed by atoms with Gasteiger partial charge in [0.25, 0.3) is 5.91 Å². The van der Waals surface area contributed by atoms with Crippen molar-refractivity contribution in [2.45, 2.75) is 46.1 Å². The molecule has 0 saturated carbocycles. The van der Waals surface area contributed by atoms with Crippen LogP contribution in [0.25, 0.3) is 0 Å². The fraction of sp³-hybridized carbons (Fsp3) is 0.565. The molecule has 10 nitrogen and oxygen atoms in total. The molecule has 1 atom stereocenters. The number of hydrogen-bond acceptors (Lipinski definition) is 7. The van der Waals surface area contributed by atoms with Gasteiger partial charge in [0.05, 0.1) is 25.3 Å². The van der Waals surface area contributed by atoms with E-state index < -0.39 is 42.0 Å².